The number of hydrogen-bond acceptors (Lipinski definition) is 4. The number of piperazine rings is 1. The van der Waals surface area contributed by atoms with Crippen molar-refractivity contribution in [3.05, 3.63) is 24.3 Å². The van der Waals surface area contributed by atoms with Crippen molar-refractivity contribution < 1.29 is 4.79 Å². The zero-order valence-corrected chi connectivity index (χ0v) is 12.7. The number of thiazole rings is 1. The molecular weight excluding hydrogens is 270 g/mol. The third-order valence-corrected chi connectivity index (χ3v) is 4.74. The van der Waals surface area contributed by atoms with E-state index in [1.807, 2.05) is 36.9 Å². The molecule has 0 spiro atoms. The maximum Gasteiger partial charge on any atom is 0.225 e. The number of rotatable bonds is 2. The Bertz CT molecular complexity index is 581. The van der Waals surface area contributed by atoms with Crippen LogP contribution in [0.25, 0.3) is 10.2 Å². The molecule has 0 unspecified atom stereocenters. The molecule has 4 nitrogen and oxygen atoms in total. The van der Waals surface area contributed by atoms with Crippen molar-refractivity contribution in [3.63, 3.8) is 0 Å². The predicted octanol–water partition coefficient (Wildman–Crippen LogP) is 2.60. The Morgan fingerprint density at radius 1 is 1.20 bits per heavy atom. The minimum Gasteiger partial charge on any atom is -0.345 e. The summed E-state index contributed by atoms with van der Waals surface area (Å²) in [5, 5.41) is 1.07. The summed E-state index contributed by atoms with van der Waals surface area (Å²) < 4.78 is 1.23. The summed E-state index contributed by atoms with van der Waals surface area (Å²) in [6.07, 6.45) is 0. The molecule has 0 saturated carbocycles. The smallest absolute Gasteiger partial charge is 0.225 e. The quantitative estimate of drug-likeness (QED) is 0.852. The lowest BCUT2D eigenvalue weighted by molar-refractivity contribution is -0.134. The van der Waals surface area contributed by atoms with Crippen LogP contribution in [-0.4, -0.2) is 42.0 Å². The summed E-state index contributed by atoms with van der Waals surface area (Å²) in [6.45, 7) is 7.26. The highest BCUT2D eigenvalue weighted by atomic mass is 32.1. The second-order valence-corrected chi connectivity index (χ2v) is 6.44. The van der Waals surface area contributed by atoms with Crippen LogP contribution in [-0.2, 0) is 4.79 Å². The van der Waals surface area contributed by atoms with Gasteiger partial charge in [-0.25, -0.2) is 4.98 Å². The number of carbonyl (C=O) groups is 1. The molecule has 1 saturated heterocycles. The highest BCUT2D eigenvalue weighted by Crippen LogP contribution is 2.29. The minimum atomic E-state index is 0.0870. The van der Waals surface area contributed by atoms with Crippen LogP contribution < -0.4 is 4.90 Å². The number of carbonyl (C=O) groups excluding carboxylic acids is 1. The maximum atomic E-state index is 12.0. The van der Waals surface area contributed by atoms with Gasteiger partial charge >= 0.3 is 0 Å². The first-order valence-corrected chi connectivity index (χ1v) is 7.86. The second-order valence-electron chi connectivity index (χ2n) is 5.43. The molecule has 1 fully saturated rings. The van der Waals surface area contributed by atoms with Gasteiger partial charge in [-0.1, -0.05) is 37.3 Å². The Morgan fingerprint density at radius 2 is 1.90 bits per heavy atom. The summed E-state index contributed by atoms with van der Waals surface area (Å²) in [7, 11) is 0. The lowest BCUT2D eigenvalue weighted by atomic mass is 10.2. The van der Waals surface area contributed by atoms with Crippen molar-refractivity contribution in [1.29, 1.82) is 0 Å². The first-order chi connectivity index (χ1) is 9.65. The van der Waals surface area contributed by atoms with E-state index in [0.29, 0.717) is 0 Å². The van der Waals surface area contributed by atoms with Crippen molar-refractivity contribution in [2.45, 2.75) is 13.8 Å². The number of amides is 1. The third-order valence-electron chi connectivity index (χ3n) is 3.64. The van der Waals surface area contributed by atoms with E-state index in [0.717, 1.165) is 36.8 Å². The molecule has 0 N–H and O–H groups in total. The van der Waals surface area contributed by atoms with E-state index in [2.05, 4.69) is 16.0 Å². The zero-order valence-electron chi connectivity index (χ0n) is 11.9. The summed E-state index contributed by atoms with van der Waals surface area (Å²) in [5.74, 6) is 0.345. The first-order valence-electron chi connectivity index (χ1n) is 7.04. The highest BCUT2D eigenvalue weighted by molar-refractivity contribution is 7.22. The Kier molecular flexibility index (Phi) is 3.61. The molecule has 1 aromatic carbocycles. The molecule has 3 rings (SSSR count). The van der Waals surface area contributed by atoms with E-state index in [-0.39, 0.29) is 11.8 Å². The van der Waals surface area contributed by atoms with E-state index in [9.17, 15) is 4.79 Å². The van der Waals surface area contributed by atoms with Crippen LogP contribution in [0.2, 0.25) is 0 Å². The molecule has 0 bridgehead atoms. The average Bonchev–Trinajstić information content (AvgIpc) is 2.90. The molecule has 1 amide bonds. The minimum absolute atomic E-state index is 0.0870. The molecule has 106 valence electrons. The van der Waals surface area contributed by atoms with E-state index >= 15 is 0 Å². The fraction of sp³-hybridized carbons (Fsp3) is 0.467. The van der Waals surface area contributed by atoms with E-state index in [4.69, 9.17) is 0 Å². The zero-order chi connectivity index (χ0) is 14.1. The van der Waals surface area contributed by atoms with Crippen LogP contribution in [0.15, 0.2) is 24.3 Å². The molecule has 2 heterocycles. The molecule has 0 atom stereocenters. The van der Waals surface area contributed by atoms with Crippen LogP contribution in [0.3, 0.4) is 0 Å². The molecule has 0 radical (unpaired) electrons. The topological polar surface area (TPSA) is 36.4 Å². The highest BCUT2D eigenvalue weighted by Gasteiger charge is 2.24. The summed E-state index contributed by atoms with van der Waals surface area (Å²) >= 11 is 1.73. The van der Waals surface area contributed by atoms with Gasteiger partial charge in [0.15, 0.2) is 5.13 Å². The third kappa shape index (κ3) is 2.50. The number of nitrogens with zero attached hydrogens (tertiary/aromatic N) is 3. The SMILES string of the molecule is CC(C)C(=O)N1CCN(c2nc3ccccc3s2)CC1. The van der Waals surface area contributed by atoms with Gasteiger partial charge in [0.05, 0.1) is 10.2 Å². The van der Waals surface area contributed by atoms with E-state index in [1.54, 1.807) is 11.3 Å². The van der Waals surface area contributed by atoms with Crippen LogP contribution in [0, 0.1) is 5.92 Å². The number of hydrogen-bond donors (Lipinski definition) is 0. The molecule has 1 aliphatic heterocycles. The lowest BCUT2D eigenvalue weighted by Gasteiger charge is -2.35. The van der Waals surface area contributed by atoms with Gasteiger partial charge in [-0.3, -0.25) is 4.79 Å². The van der Waals surface area contributed by atoms with Crippen molar-refractivity contribution >= 4 is 32.6 Å². The van der Waals surface area contributed by atoms with Gasteiger partial charge in [-0.15, -0.1) is 0 Å². The molecule has 1 aromatic heterocycles. The standard InChI is InChI=1S/C15H19N3OS/c1-11(2)14(19)17-7-9-18(10-8-17)15-16-12-5-3-4-6-13(12)20-15/h3-6,11H,7-10H2,1-2H3. The molecule has 5 heteroatoms. The van der Waals surface area contributed by atoms with Gasteiger partial charge < -0.3 is 9.80 Å². The predicted molar refractivity (Wildman–Crippen MR) is 83.3 cm³/mol. The van der Waals surface area contributed by atoms with Gasteiger partial charge in [0.1, 0.15) is 0 Å². The van der Waals surface area contributed by atoms with Gasteiger partial charge in [0.2, 0.25) is 5.91 Å². The Labute approximate surface area is 123 Å². The fourth-order valence-corrected chi connectivity index (χ4v) is 3.50. The van der Waals surface area contributed by atoms with E-state index in [1.165, 1.54) is 4.70 Å². The number of anilines is 1. The van der Waals surface area contributed by atoms with Gasteiger partial charge in [-0.05, 0) is 12.1 Å². The summed E-state index contributed by atoms with van der Waals surface area (Å²) in [6, 6.07) is 8.22. The largest absolute Gasteiger partial charge is 0.345 e. The molecule has 0 aliphatic carbocycles. The van der Waals surface area contributed by atoms with Gasteiger partial charge in [0, 0.05) is 32.1 Å². The molecule has 1 aliphatic rings. The van der Waals surface area contributed by atoms with Crippen LogP contribution >= 0.6 is 11.3 Å². The Balaban J connectivity index is 1.70. The van der Waals surface area contributed by atoms with Crippen molar-refractivity contribution in [2.75, 3.05) is 31.1 Å². The molecular formula is C15H19N3OS. The summed E-state index contributed by atoms with van der Waals surface area (Å²) in [5.41, 5.74) is 1.06. The fourth-order valence-electron chi connectivity index (χ4n) is 2.48. The molecule has 20 heavy (non-hydrogen) atoms. The van der Waals surface area contributed by atoms with Crippen molar-refractivity contribution in [2.24, 2.45) is 5.92 Å². The normalized spacial score (nSPS) is 16.1. The average molecular weight is 289 g/mol. The van der Waals surface area contributed by atoms with Crippen molar-refractivity contribution in [3.8, 4) is 0 Å². The number of aromatic nitrogens is 1. The lowest BCUT2D eigenvalue weighted by Crippen LogP contribution is -2.49. The molecule has 2 aromatic rings. The monoisotopic (exact) mass is 289 g/mol. The number of para-hydroxylation sites is 1. The second kappa shape index (κ2) is 5.40. The van der Waals surface area contributed by atoms with Crippen molar-refractivity contribution in [1.82, 2.24) is 9.88 Å². The van der Waals surface area contributed by atoms with Crippen LogP contribution in [0.1, 0.15) is 13.8 Å². The van der Waals surface area contributed by atoms with Crippen LogP contribution in [0.5, 0.6) is 0 Å². The maximum absolute atomic E-state index is 12.0. The van der Waals surface area contributed by atoms with Gasteiger partial charge in [0.25, 0.3) is 0 Å². The summed E-state index contributed by atoms with van der Waals surface area (Å²) in [4.78, 5) is 20.9. The van der Waals surface area contributed by atoms with Gasteiger partial charge in [-0.2, -0.15) is 0 Å². The number of benzene rings is 1. The first kappa shape index (κ1) is 13.4. The number of fused-ring (bicyclic) bond motifs is 1. The van der Waals surface area contributed by atoms with Crippen LogP contribution in [0.4, 0.5) is 5.13 Å². The Hall–Kier alpha value is -1.62. The van der Waals surface area contributed by atoms with E-state index < -0.39 is 0 Å². The Morgan fingerprint density at radius 3 is 2.55 bits per heavy atom.